The summed E-state index contributed by atoms with van der Waals surface area (Å²) in [7, 11) is 1.87. The lowest BCUT2D eigenvalue weighted by atomic mass is 10.2. The van der Waals surface area contributed by atoms with Gasteiger partial charge in [-0.25, -0.2) is 0 Å². The van der Waals surface area contributed by atoms with E-state index in [4.69, 9.17) is 0 Å². The van der Waals surface area contributed by atoms with Crippen LogP contribution in [0.4, 0.5) is 0 Å². The minimum atomic E-state index is -0.0525. The molecule has 1 heterocycles. The van der Waals surface area contributed by atoms with Crippen LogP contribution in [0.15, 0.2) is 30.5 Å². The summed E-state index contributed by atoms with van der Waals surface area (Å²) in [6.45, 7) is 2.44. The molecule has 0 aliphatic carbocycles. The minimum Gasteiger partial charge on any atom is -0.348 e. The van der Waals surface area contributed by atoms with Gasteiger partial charge in [-0.15, -0.1) is 0 Å². The predicted molar refractivity (Wildman–Crippen MR) is 78.3 cm³/mol. The van der Waals surface area contributed by atoms with Crippen LogP contribution >= 0.6 is 22.6 Å². The molecule has 1 N–H and O–H groups in total. The molecule has 0 bridgehead atoms. The number of halogens is 1. The molecule has 2 rings (SSSR count). The van der Waals surface area contributed by atoms with Gasteiger partial charge in [0.2, 0.25) is 0 Å². The van der Waals surface area contributed by atoms with Gasteiger partial charge in [-0.2, -0.15) is 5.10 Å². The van der Waals surface area contributed by atoms with Gasteiger partial charge in [0, 0.05) is 28.9 Å². The Morgan fingerprint density at radius 1 is 1.44 bits per heavy atom. The van der Waals surface area contributed by atoms with Crippen molar-refractivity contribution in [2.75, 3.05) is 0 Å². The van der Waals surface area contributed by atoms with Crippen LogP contribution in [0.25, 0.3) is 0 Å². The molecule has 0 aliphatic rings. The predicted octanol–water partition coefficient (Wildman–Crippen LogP) is 2.26. The highest BCUT2D eigenvalue weighted by Crippen LogP contribution is 2.11. The fourth-order valence-corrected chi connectivity index (χ4v) is 2.37. The van der Waals surface area contributed by atoms with Crippen LogP contribution in [0.2, 0.25) is 0 Å². The Kier molecular flexibility index (Phi) is 4.00. The maximum absolute atomic E-state index is 12.0. The second-order valence-electron chi connectivity index (χ2n) is 4.08. The molecule has 0 atom stereocenters. The number of carbonyl (C=O) groups excluding carboxylic acids is 1. The fraction of sp³-hybridized carbons (Fsp3) is 0.231. The van der Waals surface area contributed by atoms with Gasteiger partial charge >= 0.3 is 0 Å². The van der Waals surface area contributed by atoms with Crippen LogP contribution in [-0.4, -0.2) is 15.7 Å². The third-order valence-electron chi connectivity index (χ3n) is 2.67. The van der Waals surface area contributed by atoms with E-state index in [1.165, 1.54) is 0 Å². The zero-order valence-electron chi connectivity index (χ0n) is 10.3. The summed E-state index contributed by atoms with van der Waals surface area (Å²) >= 11 is 2.16. The van der Waals surface area contributed by atoms with Gasteiger partial charge in [-0.1, -0.05) is 12.1 Å². The Morgan fingerprint density at radius 2 is 2.17 bits per heavy atom. The molecule has 1 amide bonds. The summed E-state index contributed by atoms with van der Waals surface area (Å²) in [5.74, 6) is -0.0525. The van der Waals surface area contributed by atoms with Gasteiger partial charge < -0.3 is 5.32 Å². The van der Waals surface area contributed by atoms with E-state index in [0.717, 1.165) is 14.8 Å². The van der Waals surface area contributed by atoms with Crippen LogP contribution < -0.4 is 5.32 Å². The maximum Gasteiger partial charge on any atom is 0.252 e. The number of hydrogen-bond donors (Lipinski definition) is 1. The van der Waals surface area contributed by atoms with E-state index in [1.54, 1.807) is 4.68 Å². The number of hydrogen-bond acceptors (Lipinski definition) is 2. The highest BCUT2D eigenvalue weighted by Gasteiger charge is 2.10. The highest BCUT2D eigenvalue weighted by atomic mass is 127. The van der Waals surface area contributed by atoms with Crippen molar-refractivity contribution in [3.05, 3.63) is 50.9 Å². The summed E-state index contributed by atoms with van der Waals surface area (Å²) in [6, 6.07) is 7.54. The second kappa shape index (κ2) is 5.51. The average Bonchev–Trinajstić information content (AvgIpc) is 2.65. The molecule has 4 nitrogen and oxygen atoms in total. The first-order valence-corrected chi connectivity index (χ1v) is 6.67. The molecule has 1 aromatic heterocycles. The lowest BCUT2D eigenvalue weighted by Gasteiger charge is -2.05. The molecule has 0 spiro atoms. The number of nitrogens with one attached hydrogen (secondary N) is 1. The van der Waals surface area contributed by atoms with Crippen molar-refractivity contribution in [1.82, 2.24) is 15.1 Å². The monoisotopic (exact) mass is 355 g/mol. The van der Waals surface area contributed by atoms with Crippen molar-refractivity contribution in [1.29, 1.82) is 0 Å². The first-order chi connectivity index (χ1) is 8.58. The standard InChI is InChI=1S/C13H14IN3O/c1-9-10(8-17(2)16-9)7-15-13(18)11-5-3-4-6-12(11)14/h3-6,8H,7H2,1-2H3,(H,15,18). The van der Waals surface area contributed by atoms with Crippen LogP contribution in [0.1, 0.15) is 21.6 Å². The number of rotatable bonds is 3. The summed E-state index contributed by atoms with van der Waals surface area (Å²) in [5.41, 5.74) is 2.69. The molecule has 0 radical (unpaired) electrons. The Labute approximate surface area is 120 Å². The molecular weight excluding hydrogens is 341 g/mol. The maximum atomic E-state index is 12.0. The Hall–Kier alpha value is -1.37. The van der Waals surface area contributed by atoms with Crippen molar-refractivity contribution in [3.63, 3.8) is 0 Å². The molecule has 94 valence electrons. The van der Waals surface area contributed by atoms with E-state index >= 15 is 0 Å². The van der Waals surface area contributed by atoms with Crippen LogP contribution in [0.5, 0.6) is 0 Å². The molecule has 0 unspecified atom stereocenters. The van der Waals surface area contributed by atoms with Gasteiger partial charge in [0.15, 0.2) is 0 Å². The van der Waals surface area contributed by atoms with E-state index in [0.29, 0.717) is 12.1 Å². The fourth-order valence-electron chi connectivity index (χ4n) is 1.74. The summed E-state index contributed by atoms with van der Waals surface area (Å²) in [6.07, 6.45) is 1.92. The quantitative estimate of drug-likeness (QED) is 0.859. The largest absolute Gasteiger partial charge is 0.348 e. The summed E-state index contributed by atoms with van der Waals surface area (Å²) in [4.78, 5) is 12.0. The van der Waals surface area contributed by atoms with Crippen molar-refractivity contribution in [2.24, 2.45) is 7.05 Å². The average molecular weight is 355 g/mol. The molecule has 1 aromatic carbocycles. The first-order valence-electron chi connectivity index (χ1n) is 5.60. The SMILES string of the molecule is Cc1nn(C)cc1CNC(=O)c1ccccc1I. The van der Waals surface area contributed by atoms with Gasteiger partial charge in [-0.05, 0) is 41.6 Å². The van der Waals surface area contributed by atoms with E-state index in [-0.39, 0.29) is 5.91 Å². The van der Waals surface area contributed by atoms with E-state index in [2.05, 4.69) is 33.0 Å². The zero-order valence-corrected chi connectivity index (χ0v) is 12.4. The van der Waals surface area contributed by atoms with Crippen molar-refractivity contribution < 1.29 is 4.79 Å². The van der Waals surface area contributed by atoms with Crippen LogP contribution in [0.3, 0.4) is 0 Å². The van der Waals surface area contributed by atoms with Crippen molar-refractivity contribution >= 4 is 28.5 Å². The van der Waals surface area contributed by atoms with E-state index < -0.39 is 0 Å². The van der Waals surface area contributed by atoms with Gasteiger partial charge in [0.25, 0.3) is 5.91 Å². The number of aryl methyl sites for hydroxylation is 2. The summed E-state index contributed by atoms with van der Waals surface area (Å²) < 4.78 is 2.71. The molecule has 0 saturated heterocycles. The molecule has 0 saturated carbocycles. The number of benzene rings is 1. The lowest BCUT2D eigenvalue weighted by Crippen LogP contribution is -2.23. The second-order valence-corrected chi connectivity index (χ2v) is 5.24. The highest BCUT2D eigenvalue weighted by molar-refractivity contribution is 14.1. The third kappa shape index (κ3) is 2.90. The minimum absolute atomic E-state index is 0.0525. The Bertz CT molecular complexity index is 577. The molecular formula is C13H14IN3O. The number of aromatic nitrogens is 2. The van der Waals surface area contributed by atoms with Crippen LogP contribution in [-0.2, 0) is 13.6 Å². The van der Waals surface area contributed by atoms with E-state index in [1.807, 2.05) is 44.4 Å². The topological polar surface area (TPSA) is 46.9 Å². The van der Waals surface area contributed by atoms with Crippen molar-refractivity contribution in [3.8, 4) is 0 Å². The number of amides is 1. The van der Waals surface area contributed by atoms with Gasteiger partial charge in [0.1, 0.15) is 0 Å². The molecule has 18 heavy (non-hydrogen) atoms. The smallest absolute Gasteiger partial charge is 0.252 e. The third-order valence-corrected chi connectivity index (χ3v) is 3.61. The Morgan fingerprint density at radius 3 is 2.78 bits per heavy atom. The number of nitrogens with zero attached hydrogens (tertiary/aromatic N) is 2. The van der Waals surface area contributed by atoms with Gasteiger partial charge in [0.05, 0.1) is 11.3 Å². The lowest BCUT2D eigenvalue weighted by molar-refractivity contribution is 0.0950. The molecule has 0 fully saturated rings. The normalized spacial score (nSPS) is 10.4. The Balaban J connectivity index is 2.05. The summed E-state index contributed by atoms with van der Waals surface area (Å²) in [5, 5.41) is 7.16. The molecule has 2 aromatic rings. The van der Waals surface area contributed by atoms with E-state index in [9.17, 15) is 4.79 Å². The number of carbonyl (C=O) groups is 1. The van der Waals surface area contributed by atoms with Gasteiger partial charge in [-0.3, -0.25) is 9.48 Å². The van der Waals surface area contributed by atoms with Crippen LogP contribution in [0, 0.1) is 10.5 Å². The molecule has 0 aliphatic heterocycles. The van der Waals surface area contributed by atoms with Crippen molar-refractivity contribution in [2.45, 2.75) is 13.5 Å². The first kappa shape index (κ1) is 13.1. The zero-order chi connectivity index (χ0) is 13.1. The molecule has 5 heteroatoms.